The fourth-order valence-corrected chi connectivity index (χ4v) is 2.60. The van der Waals surface area contributed by atoms with E-state index in [-0.39, 0.29) is 18.1 Å². The summed E-state index contributed by atoms with van der Waals surface area (Å²) in [6.07, 6.45) is 2.50. The monoisotopic (exact) mass is 255 g/mol. The fraction of sp³-hybridized carbons (Fsp3) is 0.923. The Morgan fingerprint density at radius 3 is 2.78 bits per heavy atom. The highest BCUT2D eigenvalue weighted by atomic mass is 16.5. The molecular weight excluding hydrogens is 230 g/mol. The van der Waals surface area contributed by atoms with Crippen LogP contribution in [0.4, 0.5) is 0 Å². The van der Waals surface area contributed by atoms with Gasteiger partial charge in [0.25, 0.3) is 0 Å². The predicted molar refractivity (Wildman–Crippen MR) is 70.5 cm³/mol. The number of rotatable bonds is 4. The molecule has 0 saturated carbocycles. The van der Waals surface area contributed by atoms with Crippen molar-refractivity contribution < 1.29 is 9.53 Å². The van der Waals surface area contributed by atoms with Gasteiger partial charge in [0.05, 0.1) is 18.8 Å². The van der Waals surface area contributed by atoms with Crippen LogP contribution in [0.2, 0.25) is 0 Å². The van der Waals surface area contributed by atoms with E-state index < -0.39 is 0 Å². The van der Waals surface area contributed by atoms with Crippen LogP contribution in [-0.2, 0) is 9.53 Å². The van der Waals surface area contributed by atoms with Crippen LogP contribution < -0.4 is 5.32 Å². The van der Waals surface area contributed by atoms with Crippen molar-refractivity contribution in [2.24, 2.45) is 0 Å². The molecule has 0 aliphatic carbocycles. The molecule has 0 bridgehead atoms. The zero-order chi connectivity index (χ0) is 13.0. The highest BCUT2D eigenvalue weighted by molar-refractivity contribution is 5.81. The van der Waals surface area contributed by atoms with Crippen molar-refractivity contribution in [3.63, 3.8) is 0 Å². The van der Waals surface area contributed by atoms with Crippen LogP contribution in [0.25, 0.3) is 0 Å². The number of carbonyl (C=O) groups excluding carboxylic acids is 1. The summed E-state index contributed by atoms with van der Waals surface area (Å²) in [6.45, 7) is 7.28. The van der Waals surface area contributed by atoms with Gasteiger partial charge < -0.3 is 19.9 Å². The average Bonchev–Trinajstić information content (AvgIpc) is 2.89. The minimum Gasteiger partial charge on any atom is -0.374 e. The van der Waals surface area contributed by atoms with E-state index in [1.807, 2.05) is 11.8 Å². The molecule has 0 aromatic heterocycles. The second-order valence-electron chi connectivity index (χ2n) is 5.42. The lowest BCUT2D eigenvalue weighted by molar-refractivity contribution is -0.132. The molecule has 0 radical (unpaired) electrons. The quantitative estimate of drug-likeness (QED) is 0.763. The van der Waals surface area contributed by atoms with Gasteiger partial charge in [-0.2, -0.15) is 0 Å². The highest BCUT2D eigenvalue weighted by Crippen LogP contribution is 2.09. The van der Waals surface area contributed by atoms with Crippen LogP contribution >= 0.6 is 0 Å². The number of hydrogen-bond acceptors (Lipinski definition) is 4. The molecule has 1 N–H and O–H groups in total. The number of ether oxygens (including phenoxy) is 1. The Labute approximate surface area is 109 Å². The van der Waals surface area contributed by atoms with E-state index in [0.29, 0.717) is 0 Å². The lowest BCUT2D eigenvalue weighted by Gasteiger charge is -2.31. The summed E-state index contributed by atoms with van der Waals surface area (Å²) in [5.74, 6) is 0.233. The SMILES string of the molecule is C[C@@H](NC[C@H]1CN(C)CCO1)C(=O)N1CCCC1. The zero-order valence-corrected chi connectivity index (χ0v) is 11.5. The van der Waals surface area contributed by atoms with Crippen LogP contribution in [0.1, 0.15) is 19.8 Å². The molecule has 2 saturated heterocycles. The van der Waals surface area contributed by atoms with Crippen molar-refractivity contribution in [2.75, 3.05) is 46.4 Å². The number of morpholine rings is 1. The van der Waals surface area contributed by atoms with Crippen molar-refractivity contribution in [1.82, 2.24) is 15.1 Å². The normalized spacial score (nSPS) is 27.4. The number of amides is 1. The van der Waals surface area contributed by atoms with E-state index in [0.717, 1.165) is 52.2 Å². The minimum atomic E-state index is -0.0982. The van der Waals surface area contributed by atoms with Gasteiger partial charge in [0, 0.05) is 32.7 Å². The first-order chi connectivity index (χ1) is 8.66. The fourth-order valence-electron chi connectivity index (χ4n) is 2.60. The molecule has 2 fully saturated rings. The van der Waals surface area contributed by atoms with Gasteiger partial charge in [-0.15, -0.1) is 0 Å². The summed E-state index contributed by atoms with van der Waals surface area (Å²) in [4.78, 5) is 16.3. The summed E-state index contributed by atoms with van der Waals surface area (Å²) in [5, 5.41) is 3.31. The minimum absolute atomic E-state index is 0.0982. The molecular formula is C13H25N3O2. The molecule has 0 unspecified atom stereocenters. The van der Waals surface area contributed by atoms with E-state index in [9.17, 15) is 4.79 Å². The molecule has 104 valence electrons. The molecule has 2 rings (SSSR count). The smallest absolute Gasteiger partial charge is 0.239 e. The van der Waals surface area contributed by atoms with E-state index in [2.05, 4.69) is 17.3 Å². The molecule has 1 amide bonds. The molecule has 0 spiro atoms. The largest absolute Gasteiger partial charge is 0.374 e. The van der Waals surface area contributed by atoms with Crippen LogP contribution in [-0.4, -0.2) is 74.2 Å². The molecule has 18 heavy (non-hydrogen) atoms. The van der Waals surface area contributed by atoms with Gasteiger partial charge in [-0.3, -0.25) is 4.79 Å². The van der Waals surface area contributed by atoms with Gasteiger partial charge in [-0.1, -0.05) is 0 Å². The van der Waals surface area contributed by atoms with Crippen molar-refractivity contribution in [2.45, 2.75) is 31.9 Å². The van der Waals surface area contributed by atoms with Crippen molar-refractivity contribution in [3.8, 4) is 0 Å². The topological polar surface area (TPSA) is 44.8 Å². The maximum atomic E-state index is 12.1. The lowest BCUT2D eigenvalue weighted by atomic mass is 10.2. The molecule has 0 aromatic carbocycles. The van der Waals surface area contributed by atoms with Crippen molar-refractivity contribution in [3.05, 3.63) is 0 Å². The Morgan fingerprint density at radius 1 is 1.39 bits per heavy atom. The predicted octanol–water partition coefficient (Wildman–Crippen LogP) is -0.0825. The number of hydrogen-bond donors (Lipinski definition) is 1. The maximum Gasteiger partial charge on any atom is 0.239 e. The van der Waals surface area contributed by atoms with E-state index in [1.165, 1.54) is 0 Å². The standard InChI is InChI=1S/C13H25N3O2/c1-11(13(17)16-5-3-4-6-16)14-9-12-10-15(2)7-8-18-12/h11-12,14H,3-10H2,1-2H3/t11-,12+/m1/s1. The maximum absolute atomic E-state index is 12.1. The lowest BCUT2D eigenvalue weighted by Crippen LogP contribution is -2.50. The highest BCUT2D eigenvalue weighted by Gasteiger charge is 2.24. The number of nitrogens with zero attached hydrogens (tertiary/aromatic N) is 2. The van der Waals surface area contributed by atoms with E-state index in [4.69, 9.17) is 4.74 Å². The summed E-state index contributed by atoms with van der Waals surface area (Å²) < 4.78 is 5.67. The summed E-state index contributed by atoms with van der Waals surface area (Å²) in [6, 6.07) is -0.0982. The Kier molecular flexibility index (Phi) is 4.97. The van der Waals surface area contributed by atoms with E-state index >= 15 is 0 Å². The van der Waals surface area contributed by atoms with Gasteiger partial charge in [0.2, 0.25) is 5.91 Å². The number of likely N-dealkylation sites (N-methyl/N-ethyl adjacent to an activating group) is 1. The van der Waals surface area contributed by atoms with E-state index in [1.54, 1.807) is 0 Å². The van der Waals surface area contributed by atoms with Crippen molar-refractivity contribution in [1.29, 1.82) is 0 Å². The number of nitrogens with one attached hydrogen (secondary N) is 1. The average molecular weight is 255 g/mol. The van der Waals surface area contributed by atoms with Crippen LogP contribution in [0.5, 0.6) is 0 Å². The third-order valence-corrected chi connectivity index (χ3v) is 3.78. The zero-order valence-electron chi connectivity index (χ0n) is 11.5. The van der Waals surface area contributed by atoms with Gasteiger partial charge in [-0.25, -0.2) is 0 Å². The number of carbonyl (C=O) groups is 1. The molecule has 2 aliphatic rings. The van der Waals surface area contributed by atoms with Crippen molar-refractivity contribution >= 4 is 5.91 Å². The number of likely N-dealkylation sites (tertiary alicyclic amines) is 1. The van der Waals surface area contributed by atoms with Gasteiger partial charge >= 0.3 is 0 Å². The Bertz CT molecular complexity index is 279. The molecule has 2 atom stereocenters. The Hall–Kier alpha value is -0.650. The first-order valence-corrected chi connectivity index (χ1v) is 6.99. The van der Waals surface area contributed by atoms with Gasteiger partial charge in [0.15, 0.2) is 0 Å². The Balaban J connectivity index is 1.70. The summed E-state index contributed by atoms with van der Waals surface area (Å²) in [7, 11) is 2.11. The van der Waals surface area contributed by atoms with Crippen LogP contribution in [0.3, 0.4) is 0 Å². The Morgan fingerprint density at radius 2 is 2.11 bits per heavy atom. The molecule has 2 aliphatic heterocycles. The first-order valence-electron chi connectivity index (χ1n) is 6.99. The third-order valence-electron chi connectivity index (χ3n) is 3.78. The molecule has 5 nitrogen and oxygen atoms in total. The second kappa shape index (κ2) is 6.50. The van der Waals surface area contributed by atoms with Gasteiger partial charge in [-0.05, 0) is 26.8 Å². The second-order valence-corrected chi connectivity index (χ2v) is 5.42. The molecule has 5 heteroatoms. The first kappa shape index (κ1) is 13.8. The van der Waals surface area contributed by atoms with Crippen LogP contribution in [0, 0.1) is 0 Å². The summed E-state index contributed by atoms with van der Waals surface area (Å²) >= 11 is 0. The molecule has 0 aromatic rings. The van der Waals surface area contributed by atoms with Crippen LogP contribution in [0.15, 0.2) is 0 Å². The summed E-state index contributed by atoms with van der Waals surface area (Å²) in [5.41, 5.74) is 0. The third kappa shape index (κ3) is 3.67. The van der Waals surface area contributed by atoms with Gasteiger partial charge in [0.1, 0.15) is 0 Å². The molecule has 2 heterocycles.